The predicted molar refractivity (Wildman–Crippen MR) is 87.0 cm³/mol. The van der Waals surface area contributed by atoms with Gasteiger partial charge in [-0.15, -0.1) is 5.10 Å². The van der Waals surface area contributed by atoms with Crippen molar-refractivity contribution in [3.8, 4) is 0 Å². The summed E-state index contributed by atoms with van der Waals surface area (Å²) < 4.78 is 7.77. The number of rotatable bonds is 1. The number of nitrogens with zero attached hydrogens (tertiary/aromatic N) is 3. The molecule has 22 heavy (non-hydrogen) atoms. The number of fused-ring (bicyclic) bond motifs is 1. The van der Waals surface area contributed by atoms with E-state index in [2.05, 4.69) is 21.0 Å². The monoisotopic (exact) mass is 367 g/mol. The molecular formula is C15H18BrN3O3. The minimum Gasteiger partial charge on any atom is -0.443 e. The van der Waals surface area contributed by atoms with Gasteiger partial charge in [-0.25, -0.2) is 9.31 Å². The van der Waals surface area contributed by atoms with Gasteiger partial charge in [0.05, 0.1) is 5.52 Å². The Morgan fingerprint density at radius 1 is 1.32 bits per heavy atom. The zero-order valence-electron chi connectivity index (χ0n) is 13.2. The van der Waals surface area contributed by atoms with Crippen LogP contribution in [0.15, 0.2) is 22.8 Å². The predicted octanol–water partition coefficient (Wildman–Crippen LogP) is 3.69. The van der Waals surface area contributed by atoms with E-state index in [1.54, 1.807) is 31.5 Å². The molecule has 0 spiro atoms. The number of pyridine rings is 1. The molecule has 0 aliphatic rings. The van der Waals surface area contributed by atoms with Crippen LogP contribution >= 0.6 is 15.9 Å². The molecule has 6 nitrogen and oxygen atoms in total. The van der Waals surface area contributed by atoms with E-state index in [1.165, 1.54) is 6.92 Å². The highest BCUT2D eigenvalue weighted by Crippen LogP contribution is 2.26. The molecule has 0 fully saturated rings. The zero-order valence-corrected chi connectivity index (χ0v) is 14.8. The molecule has 0 saturated carbocycles. The van der Waals surface area contributed by atoms with Crippen molar-refractivity contribution >= 4 is 39.3 Å². The molecule has 0 N–H and O–H groups in total. The van der Waals surface area contributed by atoms with Gasteiger partial charge in [0.15, 0.2) is 5.82 Å². The van der Waals surface area contributed by atoms with Crippen LogP contribution < -0.4 is 4.90 Å². The van der Waals surface area contributed by atoms with Crippen molar-refractivity contribution in [1.82, 2.24) is 9.61 Å². The summed E-state index contributed by atoms with van der Waals surface area (Å²) in [5.74, 6) is -0.167. The van der Waals surface area contributed by atoms with Crippen LogP contribution in [0.5, 0.6) is 0 Å². The lowest BCUT2D eigenvalue weighted by Gasteiger charge is -2.24. The highest BCUT2D eigenvalue weighted by atomic mass is 79.9. The van der Waals surface area contributed by atoms with Gasteiger partial charge in [0.25, 0.3) is 0 Å². The Labute approximate surface area is 137 Å². The molecule has 2 aromatic rings. The normalized spacial score (nSPS) is 11.5. The molecular weight excluding hydrogens is 350 g/mol. The van der Waals surface area contributed by atoms with Gasteiger partial charge < -0.3 is 4.74 Å². The van der Waals surface area contributed by atoms with E-state index in [9.17, 15) is 9.59 Å². The first kappa shape index (κ1) is 16.5. The molecule has 0 radical (unpaired) electrons. The first-order chi connectivity index (χ1) is 10.1. The van der Waals surface area contributed by atoms with Crippen LogP contribution in [0, 0.1) is 6.92 Å². The second-order valence-corrected chi connectivity index (χ2v) is 6.88. The lowest BCUT2D eigenvalue weighted by Crippen LogP contribution is -2.40. The van der Waals surface area contributed by atoms with E-state index in [1.807, 2.05) is 19.1 Å². The Bertz CT molecular complexity index is 746. The summed E-state index contributed by atoms with van der Waals surface area (Å²) in [5, 5.41) is 4.34. The number of aromatic nitrogens is 2. The maximum absolute atomic E-state index is 12.3. The van der Waals surface area contributed by atoms with Crippen molar-refractivity contribution in [3.63, 3.8) is 0 Å². The second-order valence-electron chi connectivity index (χ2n) is 5.96. The van der Waals surface area contributed by atoms with E-state index in [4.69, 9.17) is 4.74 Å². The Hall–Kier alpha value is -1.89. The highest BCUT2D eigenvalue weighted by molar-refractivity contribution is 9.10. The molecule has 118 valence electrons. The Balaban J connectivity index is 2.52. The molecule has 0 atom stereocenters. The molecule has 2 aromatic heterocycles. The summed E-state index contributed by atoms with van der Waals surface area (Å²) in [5.41, 5.74) is 0.850. The van der Waals surface area contributed by atoms with Crippen LogP contribution in [-0.4, -0.2) is 27.2 Å². The van der Waals surface area contributed by atoms with Crippen LogP contribution in [0.2, 0.25) is 0 Å². The fourth-order valence-corrected chi connectivity index (χ4v) is 2.35. The summed E-state index contributed by atoms with van der Waals surface area (Å²) in [6.45, 7) is 8.36. The summed E-state index contributed by atoms with van der Waals surface area (Å²) >= 11 is 3.37. The van der Waals surface area contributed by atoms with Gasteiger partial charge in [-0.2, -0.15) is 4.90 Å². The minimum atomic E-state index is -0.731. The Morgan fingerprint density at radius 2 is 1.95 bits per heavy atom. The Kier molecular flexibility index (Phi) is 4.28. The highest BCUT2D eigenvalue weighted by Gasteiger charge is 2.30. The number of hydrogen-bond acceptors (Lipinski definition) is 4. The van der Waals surface area contributed by atoms with Crippen molar-refractivity contribution in [3.05, 3.63) is 28.4 Å². The van der Waals surface area contributed by atoms with Crippen LogP contribution in [-0.2, 0) is 9.53 Å². The number of aryl methyl sites for hydroxylation is 1. The molecule has 0 saturated heterocycles. The molecule has 2 heterocycles. The molecule has 2 amide bonds. The van der Waals surface area contributed by atoms with E-state index in [0.717, 1.165) is 20.5 Å². The summed E-state index contributed by atoms with van der Waals surface area (Å²) in [7, 11) is 0. The maximum Gasteiger partial charge on any atom is 0.423 e. The van der Waals surface area contributed by atoms with Gasteiger partial charge in [0.2, 0.25) is 5.91 Å². The summed E-state index contributed by atoms with van der Waals surface area (Å²) in [4.78, 5) is 25.2. The lowest BCUT2D eigenvalue weighted by atomic mass is 10.2. The number of carbonyl (C=O) groups is 2. The third kappa shape index (κ3) is 3.30. The number of imide groups is 1. The number of ether oxygens (including phenoxy) is 1. The SMILES string of the molecule is CC(=O)N(C(=O)OC(C)(C)C)c1nn2cc(Br)ccc2c1C. The largest absolute Gasteiger partial charge is 0.443 e. The molecule has 0 aliphatic carbocycles. The first-order valence-electron chi connectivity index (χ1n) is 6.78. The van der Waals surface area contributed by atoms with Gasteiger partial charge in [-0.1, -0.05) is 0 Å². The van der Waals surface area contributed by atoms with Crippen molar-refractivity contribution in [2.24, 2.45) is 0 Å². The minimum absolute atomic E-state index is 0.278. The maximum atomic E-state index is 12.3. The smallest absolute Gasteiger partial charge is 0.423 e. The van der Waals surface area contributed by atoms with E-state index in [-0.39, 0.29) is 5.82 Å². The van der Waals surface area contributed by atoms with E-state index in [0.29, 0.717) is 0 Å². The topological polar surface area (TPSA) is 63.9 Å². The number of amides is 2. The van der Waals surface area contributed by atoms with Gasteiger partial charge >= 0.3 is 6.09 Å². The lowest BCUT2D eigenvalue weighted by molar-refractivity contribution is -0.116. The van der Waals surface area contributed by atoms with Crippen molar-refractivity contribution in [1.29, 1.82) is 0 Å². The zero-order chi connectivity index (χ0) is 16.7. The third-order valence-electron chi connectivity index (χ3n) is 2.92. The second kappa shape index (κ2) is 5.72. The van der Waals surface area contributed by atoms with Crippen LogP contribution in [0.4, 0.5) is 10.6 Å². The third-order valence-corrected chi connectivity index (χ3v) is 3.39. The number of carbonyl (C=O) groups excluding carboxylic acids is 2. The van der Waals surface area contributed by atoms with Crippen molar-refractivity contribution in [2.45, 2.75) is 40.2 Å². The van der Waals surface area contributed by atoms with Crippen LogP contribution in [0.1, 0.15) is 33.3 Å². The standard InChI is InChI=1S/C15H18BrN3O3/c1-9-12-7-6-11(16)8-18(12)17-13(9)19(10(2)20)14(21)22-15(3,4)5/h6-8H,1-5H3. The molecule has 0 bridgehead atoms. The molecule has 0 unspecified atom stereocenters. The Morgan fingerprint density at radius 3 is 2.50 bits per heavy atom. The number of halogens is 1. The average Bonchev–Trinajstić information content (AvgIpc) is 2.63. The van der Waals surface area contributed by atoms with Gasteiger partial charge in [-0.3, -0.25) is 4.79 Å². The fourth-order valence-electron chi connectivity index (χ4n) is 2.02. The quantitative estimate of drug-likeness (QED) is 0.770. The summed E-state index contributed by atoms with van der Waals surface area (Å²) in [6, 6.07) is 3.74. The number of anilines is 1. The van der Waals surface area contributed by atoms with Gasteiger partial charge in [-0.05, 0) is 55.8 Å². The van der Waals surface area contributed by atoms with Crippen LogP contribution in [0.25, 0.3) is 5.52 Å². The van der Waals surface area contributed by atoms with Gasteiger partial charge in [0, 0.05) is 23.2 Å². The molecule has 7 heteroatoms. The molecule has 2 rings (SSSR count). The molecule has 0 aromatic carbocycles. The number of hydrogen-bond donors (Lipinski definition) is 0. The summed E-state index contributed by atoms with van der Waals surface area (Å²) in [6.07, 6.45) is 1.03. The van der Waals surface area contributed by atoms with Crippen LogP contribution in [0.3, 0.4) is 0 Å². The van der Waals surface area contributed by atoms with Gasteiger partial charge in [0.1, 0.15) is 5.60 Å². The van der Waals surface area contributed by atoms with E-state index < -0.39 is 17.6 Å². The molecule has 0 aliphatic heterocycles. The van der Waals surface area contributed by atoms with Crippen molar-refractivity contribution in [2.75, 3.05) is 4.90 Å². The first-order valence-corrected chi connectivity index (χ1v) is 7.57. The van der Waals surface area contributed by atoms with E-state index >= 15 is 0 Å². The van der Waals surface area contributed by atoms with Crippen molar-refractivity contribution < 1.29 is 14.3 Å². The average molecular weight is 368 g/mol. The fraction of sp³-hybridized carbons (Fsp3) is 0.400.